The Morgan fingerprint density at radius 2 is 1.69 bits per heavy atom. The van der Waals surface area contributed by atoms with E-state index in [9.17, 15) is 4.79 Å². The predicted octanol–water partition coefficient (Wildman–Crippen LogP) is 4.03. The molecular formula is C23H25ClN4O. The van der Waals surface area contributed by atoms with E-state index >= 15 is 0 Å². The zero-order valence-corrected chi connectivity index (χ0v) is 17.3. The molecule has 3 aromatic rings. The topological polar surface area (TPSA) is 41.4 Å². The zero-order chi connectivity index (χ0) is 20.2. The lowest BCUT2D eigenvalue weighted by Crippen LogP contribution is -2.48. The summed E-state index contributed by atoms with van der Waals surface area (Å²) in [7, 11) is 0. The number of halogens is 1. The van der Waals surface area contributed by atoms with Gasteiger partial charge in [-0.3, -0.25) is 9.48 Å². The molecule has 0 bridgehead atoms. The molecule has 0 radical (unpaired) electrons. The average molecular weight is 409 g/mol. The maximum absolute atomic E-state index is 13.3. The molecule has 0 unspecified atom stereocenters. The molecule has 1 fully saturated rings. The van der Waals surface area contributed by atoms with Crippen molar-refractivity contribution in [3.63, 3.8) is 0 Å². The molecule has 5 nitrogen and oxygen atoms in total. The van der Waals surface area contributed by atoms with Crippen molar-refractivity contribution in [1.29, 1.82) is 0 Å². The number of hydrogen-bond donors (Lipinski definition) is 0. The Morgan fingerprint density at radius 3 is 2.34 bits per heavy atom. The molecule has 0 atom stereocenters. The van der Waals surface area contributed by atoms with Gasteiger partial charge in [-0.25, -0.2) is 0 Å². The van der Waals surface area contributed by atoms with Crippen molar-refractivity contribution < 1.29 is 4.79 Å². The largest absolute Gasteiger partial charge is 0.336 e. The maximum Gasteiger partial charge on any atom is 0.257 e. The summed E-state index contributed by atoms with van der Waals surface area (Å²) in [6.45, 7) is 7.12. The SMILES string of the molecule is CCN1CCN(C(=O)c2cn(Cc3ccccc3)nc2-c2ccc(Cl)cc2)CC1. The number of carbonyl (C=O) groups excluding carboxylic acids is 1. The van der Waals surface area contributed by atoms with E-state index < -0.39 is 0 Å². The van der Waals surface area contributed by atoms with Crippen LogP contribution in [0.4, 0.5) is 0 Å². The van der Waals surface area contributed by atoms with Gasteiger partial charge in [0.15, 0.2) is 0 Å². The van der Waals surface area contributed by atoms with Crippen LogP contribution in [0.1, 0.15) is 22.8 Å². The second kappa shape index (κ2) is 8.80. The van der Waals surface area contributed by atoms with Crippen LogP contribution in [-0.4, -0.2) is 58.2 Å². The van der Waals surface area contributed by atoms with Gasteiger partial charge in [-0.15, -0.1) is 0 Å². The number of likely N-dealkylation sites (N-methyl/N-ethyl adjacent to an activating group) is 1. The maximum atomic E-state index is 13.3. The van der Waals surface area contributed by atoms with Crippen molar-refractivity contribution in [3.05, 3.63) is 76.9 Å². The van der Waals surface area contributed by atoms with Crippen molar-refractivity contribution >= 4 is 17.5 Å². The molecule has 150 valence electrons. The van der Waals surface area contributed by atoms with Crippen molar-refractivity contribution in [1.82, 2.24) is 19.6 Å². The van der Waals surface area contributed by atoms with Crippen LogP contribution in [0.15, 0.2) is 60.8 Å². The molecule has 0 aliphatic carbocycles. The highest BCUT2D eigenvalue weighted by Crippen LogP contribution is 2.26. The minimum absolute atomic E-state index is 0.0463. The van der Waals surface area contributed by atoms with Gasteiger partial charge in [0.05, 0.1) is 12.1 Å². The minimum Gasteiger partial charge on any atom is -0.336 e. The molecule has 4 rings (SSSR count). The van der Waals surface area contributed by atoms with Gasteiger partial charge < -0.3 is 9.80 Å². The van der Waals surface area contributed by atoms with Gasteiger partial charge in [-0.2, -0.15) is 5.10 Å². The number of benzene rings is 2. The molecule has 29 heavy (non-hydrogen) atoms. The van der Waals surface area contributed by atoms with Crippen molar-refractivity contribution in [2.45, 2.75) is 13.5 Å². The van der Waals surface area contributed by atoms with Crippen molar-refractivity contribution in [2.24, 2.45) is 0 Å². The first-order valence-electron chi connectivity index (χ1n) is 10.0. The fraction of sp³-hybridized carbons (Fsp3) is 0.304. The quantitative estimate of drug-likeness (QED) is 0.640. The fourth-order valence-electron chi connectivity index (χ4n) is 3.69. The van der Waals surface area contributed by atoms with Gasteiger partial charge in [0.25, 0.3) is 5.91 Å². The van der Waals surface area contributed by atoms with Crippen LogP contribution in [0.25, 0.3) is 11.3 Å². The number of amides is 1. The lowest BCUT2D eigenvalue weighted by Gasteiger charge is -2.34. The van der Waals surface area contributed by atoms with Gasteiger partial charge in [-0.05, 0) is 24.2 Å². The number of aromatic nitrogens is 2. The Hall–Kier alpha value is -2.63. The molecule has 0 saturated carbocycles. The van der Waals surface area contributed by atoms with Crippen LogP contribution in [-0.2, 0) is 6.54 Å². The van der Waals surface area contributed by atoms with E-state index in [-0.39, 0.29) is 5.91 Å². The zero-order valence-electron chi connectivity index (χ0n) is 16.6. The summed E-state index contributed by atoms with van der Waals surface area (Å²) in [5.74, 6) is 0.0463. The Kier molecular flexibility index (Phi) is 5.97. The number of nitrogens with zero attached hydrogens (tertiary/aromatic N) is 4. The summed E-state index contributed by atoms with van der Waals surface area (Å²) in [5, 5.41) is 5.44. The molecule has 1 aliphatic rings. The van der Waals surface area contributed by atoms with Crippen LogP contribution in [0.3, 0.4) is 0 Å². The Balaban J connectivity index is 1.65. The Bertz CT molecular complexity index is 960. The van der Waals surface area contributed by atoms with E-state index in [2.05, 4.69) is 24.0 Å². The molecule has 1 aromatic heterocycles. The highest BCUT2D eigenvalue weighted by atomic mass is 35.5. The molecule has 2 heterocycles. The van der Waals surface area contributed by atoms with Gasteiger partial charge in [0, 0.05) is 43.0 Å². The smallest absolute Gasteiger partial charge is 0.257 e. The van der Waals surface area contributed by atoms with E-state index in [0.29, 0.717) is 22.8 Å². The number of rotatable bonds is 5. The highest BCUT2D eigenvalue weighted by molar-refractivity contribution is 6.30. The van der Waals surface area contributed by atoms with Gasteiger partial charge >= 0.3 is 0 Å². The molecule has 0 N–H and O–H groups in total. The third kappa shape index (κ3) is 4.52. The third-order valence-corrected chi connectivity index (χ3v) is 5.66. The monoisotopic (exact) mass is 408 g/mol. The molecule has 1 aliphatic heterocycles. The van der Waals surface area contributed by atoms with Gasteiger partial charge in [0.2, 0.25) is 0 Å². The standard InChI is InChI=1S/C23H25ClN4O/c1-2-26-12-14-27(15-13-26)23(29)21-17-28(16-18-6-4-3-5-7-18)25-22(21)19-8-10-20(24)11-9-19/h3-11,17H,2,12-16H2,1H3. The van der Waals surface area contributed by atoms with Gasteiger partial charge in [0.1, 0.15) is 5.69 Å². The number of piperazine rings is 1. The number of carbonyl (C=O) groups is 1. The van der Waals surface area contributed by atoms with Gasteiger partial charge in [-0.1, -0.05) is 61.0 Å². The van der Waals surface area contributed by atoms with Crippen LogP contribution < -0.4 is 0 Å². The average Bonchev–Trinajstić information content (AvgIpc) is 3.18. The van der Waals surface area contributed by atoms with E-state index in [1.54, 1.807) is 0 Å². The number of hydrogen-bond acceptors (Lipinski definition) is 3. The Labute approximate surface area is 176 Å². The molecule has 1 amide bonds. The summed E-state index contributed by atoms with van der Waals surface area (Å²) in [6.07, 6.45) is 1.88. The Morgan fingerprint density at radius 1 is 1.00 bits per heavy atom. The third-order valence-electron chi connectivity index (χ3n) is 5.40. The van der Waals surface area contributed by atoms with Crippen LogP contribution in [0.5, 0.6) is 0 Å². The summed E-state index contributed by atoms with van der Waals surface area (Å²) < 4.78 is 1.86. The molecule has 0 spiro atoms. The lowest BCUT2D eigenvalue weighted by molar-refractivity contribution is 0.0644. The normalized spacial score (nSPS) is 14.9. The van der Waals surface area contributed by atoms with E-state index in [0.717, 1.165) is 43.9 Å². The first-order chi connectivity index (χ1) is 14.1. The second-order valence-corrected chi connectivity index (χ2v) is 7.74. The summed E-state index contributed by atoms with van der Waals surface area (Å²) in [4.78, 5) is 17.7. The summed E-state index contributed by atoms with van der Waals surface area (Å²) in [6, 6.07) is 17.7. The molecular weight excluding hydrogens is 384 g/mol. The highest BCUT2D eigenvalue weighted by Gasteiger charge is 2.26. The molecule has 2 aromatic carbocycles. The van der Waals surface area contributed by atoms with Crippen LogP contribution in [0.2, 0.25) is 5.02 Å². The van der Waals surface area contributed by atoms with E-state index in [1.807, 2.05) is 58.2 Å². The summed E-state index contributed by atoms with van der Waals surface area (Å²) >= 11 is 6.06. The second-order valence-electron chi connectivity index (χ2n) is 7.31. The van der Waals surface area contributed by atoms with Crippen LogP contribution in [0, 0.1) is 0 Å². The first kappa shape index (κ1) is 19.7. The summed E-state index contributed by atoms with van der Waals surface area (Å²) in [5.41, 5.74) is 3.40. The van der Waals surface area contributed by atoms with E-state index in [4.69, 9.17) is 16.7 Å². The molecule has 6 heteroatoms. The first-order valence-corrected chi connectivity index (χ1v) is 10.4. The lowest BCUT2D eigenvalue weighted by atomic mass is 10.1. The minimum atomic E-state index is 0.0463. The fourth-order valence-corrected chi connectivity index (χ4v) is 3.81. The van der Waals surface area contributed by atoms with Crippen molar-refractivity contribution in [2.75, 3.05) is 32.7 Å². The van der Waals surface area contributed by atoms with Crippen LogP contribution >= 0.6 is 11.6 Å². The predicted molar refractivity (Wildman–Crippen MR) is 116 cm³/mol. The van der Waals surface area contributed by atoms with Crippen molar-refractivity contribution in [3.8, 4) is 11.3 Å². The molecule has 1 saturated heterocycles. The van der Waals surface area contributed by atoms with E-state index in [1.165, 1.54) is 0 Å².